The highest BCUT2D eigenvalue weighted by Gasteiger charge is 2.26. The van der Waals surface area contributed by atoms with Crippen LogP contribution < -0.4 is 5.32 Å². The predicted octanol–water partition coefficient (Wildman–Crippen LogP) is 3.34. The van der Waals surface area contributed by atoms with E-state index in [2.05, 4.69) is 72.1 Å². The molecule has 1 aliphatic rings. The Balaban J connectivity index is 1.84. The number of nitrogens with zero attached hydrogens (tertiary/aromatic N) is 3. The first-order chi connectivity index (χ1) is 12.1. The number of rotatable bonds is 7. The zero-order chi connectivity index (χ0) is 18.2. The van der Waals surface area contributed by atoms with E-state index in [1.807, 2.05) is 7.05 Å². The second-order valence-corrected chi connectivity index (χ2v) is 7.33. The summed E-state index contributed by atoms with van der Waals surface area (Å²) < 4.78 is 0. The predicted molar refractivity (Wildman–Crippen MR) is 108 cm³/mol. The van der Waals surface area contributed by atoms with E-state index < -0.39 is 0 Å². The molecule has 0 aliphatic carbocycles. The molecule has 1 fully saturated rings. The van der Waals surface area contributed by atoms with E-state index >= 15 is 0 Å². The lowest BCUT2D eigenvalue weighted by atomic mass is 9.99. The third-order valence-corrected chi connectivity index (χ3v) is 5.39. The Kier molecular flexibility index (Phi) is 7.76. The fourth-order valence-corrected chi connectivity index (χ4v) is 3.69. The molecule has 2 unspecified atom stereocenters. The number of likely N-dealkylation sites (tertiary alicyclic amines) is 1. The summed E-state index contributed by atoms with van der Waals surface area (Å²) in [5, 5.41) is 3.59. The van der Waals surface area contributed by atoms with Crippen LogP contribution in [0.5, 0.6) is 0 Å². The van der Waals surface area contributed by atoms with E-state index in [4.69, 9.17) is 0 Å². The number of hydrogen-bond acceptors (Lipinski definition) is 2. The Labute approximate surface area is 154 Å². The lowest BCUT2D eigenvalue weighted by Gasteiger charge is -2.25. The van der Waals surface area contributed by atoms with Crippen LogP contribution in [0.2, 0.25) is 0 Å². The van der Waals surface area contributed by atoms with Crippen molar-refractivity contribution in [3.8, 4) is 0 Å². The topological polar surface area (TPSA) is 30.9 Å². The van der Waals surface area contributed by atoms with E-state index in [1.165, 1.54) is 24.1 Å². The van der Waals surface area contributed by atoms with E-state index in [0.717, 1.165) is 44.6 Å². The van der Waals surface area contributed by atoms with Gasteiger partial charge in [-0.15, -0.1) is 0 Å². The molecule has 0 saturated carbocycles. The SMILES string of the molecule is CCN(CC)CC1CCN(C(=NC)NCC(C)c2cccc(C)c2)C1. The summed E-state index contributed by atoms with van der Waals surface area (Å²) in [6.45, 7) is 15.6. The van der Waals surface area contributed by atoms with Crippen LogP contribution in [0.3, 0.4) is 0 Å². The molecule has 1 N–H and O–H groups in total. The van der Waals surface area contributed by atoms with Crippen molar-refractivity contribution in [2.45, 2.75) is 40.0 Å². The van der Waals surface area contributed by atoms with Crippen molar-refractivity contribution in [3.63, 3.8) is 0 Å². The molecule has 4 heteroatoms. The number of benzene rings is 1. The molecule has 1 aromatic rings. The zero-order valence-corrected chi connectivity index (χ0v) is 16.8. The minimum atomic E-state index is 0.478. The molecule has 1 aliphatic heterocycles. The molecule has 0 bridgehead atoms. The Morgan fingerprint density at radius 2 is 2.12 bits per heavy atom. The van der Waals surface area contributed by atoms with Crippen LogP contribution in [-0.2, 0) is 0 Å². The molecule has 25 heavy (non-hydrogen) atoms. The van der Waals surface area contributed by atoms with Crippen molar-refractivity contribution < 1.29 is 0 Å². The second kappa shape index (κ2) is 9.81. The van der Waals surface area contributed by atoms with Crippen molar-refractivity contribution in [1.82, 2.24) is 15.1 Å². The summed E-state index contributed by atoms with van der Waals surface area (Å²) in [6, 6.07) is 8.81. The minimum absolute atomic E-state index is 0.478. The highest BCUT2D eigenvalue weighted by Crippen LogP contribution is 2.19. The summed E-state index contributed by atoms with van der Waals surface area (Å²) in [4.78, 5) is 9.48. The maximum atomic E-state index is 4.53. The van der Waals surface area contributed by atoms with E-state index in [0.29, 0.717) is 5.92 Å². The van der Waals surface area contributed by atoms with Crippen molar-refractivity contribution >= 4 is 5.96 Å². The van der Waals surface area contributed by atoms with Gasteiger partial charge < -0.3 is 15.1 Å². The van der Waals surface area contributed by atoms with E-state index in [1.54, 1.807) is 0 Å². The number of aryl methyl sites for hydroxylation is 1. The van der Waals surface area contributed by atoms with Crippen molar-refractivity contribution in [2.75, 3.05) is 46.3 Å². The summed E-state index contributed by atoms with van der Waals surface area (Å²) in [7, 11) is 1.90. The van der Waals surface area contributed by atoms with Gasteiger partial charge in [-0.05, 0) is 43.8 Å². The number of nitrogens with one attached hydrogen (secondary N) is 1. The van der Waals surface area contributed by atoms with Gasteiger partial charge in [-0.25, -0.2) is 0 Å². The molecular weight excluding hydrogens is 308 g/mol. The zero-order valence-electron chi connectivity index (χ0n) is 16.8. The van der Waals surface area contributed by atoms with Crippen LogP contribution in [0.25, 0.3) is 0 Å². The minimum Gasteiger partial charge on any atom is -0.356 e. The molecule has 0 aromatic heterocycles. The maximum absolute atomic E-state index is 4.53. The summed E-state index contributed by atoms with van der Waals surface area (Å²) >= 11 is 0. The Bertz CT molecular complexity index is 551. The molecular formula is C21H36N4. The van der Waals surface area contributed by atoms with Gasteiger partial charge in [0.15, 0.2) is 5.96 Å². The summed E-state index contributed by atoms with van der Waals surface area (Å²) in [5.41, 5.74) is 2.72. The summed E-state index contributed by atoms with van der Waals surface area (Å²) in [5.74, 6) is 2.29. The van der Waals surface area contributed by atoms with Gasteiger partial charge in [-0.3, -0.25) is 4.99 Å². The van der Waals surface area contributed by atoms with Crippen LogP contribution >= 0.6 is 0 Å². The third-order valence-electron chi connectivity index (χ3n) is 5.39. The van der Waals surface area contributed by atoms with Crippen molar-refractivity contribution in [1.29, 1.82) is 0 Å². The molecule has 4 nitrogen and oxygen atoms in total. The van der Waals surface area contributed by atoms with Crippen molar-refractivity contribution in [3.05, 3.63) is 35.4 Å². The van der Waals surface area contributed by atoms with Gasteiger partial charge in [-0.1, -0.05) is 50.6 Å². The largest absolute Gasteiger partial charge is 0.356 e. The molecule has 1 heterocycles. The van der Waals surface area contributed by atoms with Gasteiger partial charge in [0.2, 0.25) is 0 Å². The highest BCUT2D eigenvalue weighted by molar-refractivity contribution is 5.80. The fraction of sp³-hybridized carbons (Fsp3) is 0.667. The smallest absolute Gasteiger partial charge is 0.193 e. The van der Waals surface area contributed by atoms with Gasteiger partial charge in [0.1, 0.15) is 0 Å². The molecule has 1 aromatic carbocycles. The van der Waals surface area contributed by atoms with E-state index in [-0.39, 0.29) is 0 Å². The van der Waals surface area contributed by atoms with Crippen LogP contribution in [-0.4, -0.2) is 62.1 Å². The molecule has 2 rings (SSSR count). The van der Waals surface area contributed by atoms with E-state index in [9.17, 15) is 0 Å². The number of hydrogen-bond donors (Lipinski definition) is 1. The van der Waals surface area contributed by atoms with Gasteiger partial charge in [0.25, 0.3) is 0 Å². The molecule has 0 spiro atoms. The molecule has 1 saturated heterocycles. The molecule has 140 valence electrons. The van der Waals surface area contributed by atoms with Crippen LogP contribution in [0.4, 0.5) is 0 Å². The molecule has 0 radical (unpaired) electrons. The van der Waals surface area contributed by atoms with Gasteiger partial charge >= 0.3 is 0 Å². The van der Waals surface area contributed by atoms with Gasteiger partial charge in [0.05, 0.1) is 0 Å². The Hall–Kier alpha value is -1.55. The second-order valence-electron chi connectivity index (χ2n) is 7.33. The third kappa shape index (κ3) is 5.74. The van der Waals surface area contributed by atoms with Crippen LogP contribution in [0, 0.1) is 12.8 Å². The lowest BCUT2D eigenvalue weighted by Crippen LogP contribution is -2.42. The quantitative estimate of drug-likeness (QED) is 0.608. The first-order valence-corrected chi connectivity index (χ1v) is 9.81. The van der Waals surface area contributed by atoms with Crippen LogP contribution in [0.1, 0.15) is 44.2 Å². The van der Waals surface area contributed by atoms with Gasteiger partial charge in [-0.2, -0.15) is 0 Å². The standard InChI is InChI=1S/C21H36N4/c1-6-24(7-2)15-19-11-12-25(16-19)21(22-5)23-14-18(4)20-10-8-9-17(3)13-20/h8-10,13,18-19H,6-7,11-12,14-16H2,1-5H3,(H,22,23). The first kappa shape index (κ1) is 19.8. The first-order valence-electron chi connectivity index (χ1n) is 9.81. The van der Waals surface area contributed by atoms with Gasteiger partial charge in [0, 0.05) is 33.2 Å². The Morgan fingerprint density at radius 1 is 1.36 bits per heavy atom. The lowest BCUT2D eigenvalue weighted by molar-refractivity contribution is 0.255. The fourth-order valence-electron chi connectivity index (χ4n) is 3.69. The molecule has 2 atom stereocenters. The monoisotopic (exact) mass is 344 g/mol. The molecule has 0 amide bonds. The average Bonchev–Trinajstić information content (AvgIpc) is 3.08. The Morgan fingerprint density at radius 3 is 2.76 bits per heavy atom. The maximum Gasteiger partial charge on any atom is 0.193 e. The number of aliphatic imine (C=N–C) groups is 1. The normalized spacial score (nSPS) is 19.5. The highest BCUT2D eigenvalue weighted by atomic mass is 15.3. The average molecular weight is 345 g/mol. The summed E-state index contributed by atoms with van der Waals surface area (Å²) in [6.07, 6.45) is 1.27. The number of guanidine groups is 1. The van der Waals surface area contributed by atoms with Crippen LogP contribution in [0.15, 0.2) is 29.3 Å². The van der Waals surface area contributed by atoms with Crippen molar-refractivity contribution in [2.24, 2.45) is 10.9 Å².